The predicted molar refractivity (Wildman–Crippen MR) is 89.3 cm³/mol. The second-order valence-corrected chi connectivity index (χ2v) is 5.85. The third-order valence-electron chi connectivity index (χ3n) is 4.10. The van der Waals surface area contributed by atoms with E-state index in [1.54, 1.807) is 18.7 Å². The summed E-state index contributed by atoms with van der Waals surface area (Å²) < 4.78 is 5.03. The highest BCUT2D eigenvalue weighted by Crippen LogP contribution is 2.34. The molecule has 0 aromatic carbocycles. The number of carbonyl (C=O) groups is 2. The number of nitrogens with zero attached hydrogens (tertiary/aromatic N) is 4. The van der Waals surface area contributed by atoms with Gasteiger partial charge in [0, 0.05) is 26.2 Å². The van der Waals surface area contributed by atoms with E-state index in [9.17, 15) is 9.59 Å². The molecule has 0 aliphatic carbocycles. The van der Waals surface area contributed by atoms with Crippen LogP contribution in [0.5, 0.6) is 0 Å². The van der Waals surface area contributed by atoms with Crippen LogP contribution in [0.3, 0.4) is 0 Å². The van der Waals surface area contributed by atoms with E-state index in [4.69, 9.17) is 4.74 Å². The number of ether oxygens (including phenoxy) is 1. The molecule has 2 amide bonds. The summed E-state index contributed by atoms with van der Waals surface area (Å²) in [6.07, 6.45) is -0.290. The van der Waals surface area contributed by atoms with Crippen molar-refractivity contribution >= 4 is 29.3 Å². The molecule has 0 bridgehead atoms. The summed E-state index contributed by atoms with van der Waals surface area (Å²) in [6, 6.07) is -0.333. The highest BCUT2D eigenvalue weighted by molar-refractivity contribution is 6.04. The number of anilines is 3. The Bertz CT molecular complexity index is 657. The van der Waals surface area contributed by atoms with Gasteiger partial charge in [0.1, 0.15) is 17.6 Å². The van der Waals surface area contributed by atoms with Crippen LogP contribution in [0, 0.1) is 6.92 Å². The van der Waals surface area contributed by atoms with Gasteiger partial charge >= 0.3 is 6.09 Å². The Hall–Kier alpha value is -2.58. The van der Waals surface area contributed by atoms with Crippen molar-refractivity contribution in [2.75, 3.05) is 48.3 Å². The van der Waals surface area contributed by atoms with E-state index in [1.165, 1.54) is 0 Å². The Balaban J connectivity index is 1.79. The van der Waals surface area contributed by atoms with Gasteiger partial charge in [-0.05, 0) is 20.8 Å². The van der Waals surface area contributed by atoms with Crippen LogP contribution < -0.4 is 15.5 Å². The van der Waals surface area contributed by atoms with Gasteiger partial charge in [0.25, 0.3) is 0 Å². The summed E-state index contributed by atoms with van der Waals surface area (Å²) in [5, 5.41) is 5.98. The number of amides is 2. The highest BCUT2D eigenvalue weighted by atomic mass is 16.6. The second kappa shape index (κ2) is 6.50. The first kappa shape index (κ1) is 16.3. The van der Waals surface area contributed by atoms with E-state index in [0.29, 0.717) is 55.9 Å². The fourth-order valence-corrected chi connectivity index (χ4v) is 2.82. The van der Waals surface area contributed by atoms with Crippen LogP contribution >= 0.6 is 0 Å². The lowest BCUT2D eigenvalue weighted by molar-refractivity contribution is -0.116. The fraction of sp³-hybridized carbons (Fsp3) is 0.600. The topological polar surface area (TPSA) is 99.7 Å². The van der Waals surface area contributed by atoms with Gasteiger partial charge in [0.05, 0.1) is 6.61 Å². The van der Waals surface area contributed by atoms with E-state index in [1.807, 2.05) is 6.92 Å². The Morgan fingerprint density at radius 1 is 1.29 bits per heavy atom. The lowest BCUT2D eigenvalue weighted by atomic mass is 10.2. The van der Waals surface area contributed by atoms with Crippen molar-refractivity contribution in [3.63, 3.8) is 0 Å². The summed E-state index contributed by atoms with van der Waals surface area (Å²) in [5.41, 5.74) is 0.605. The number of aromatic nitrogens is 2. The summed E-state index contributed by atoms with van der Waals surface area (Å²) >= 11 is 0. The van der Waals surface area contributed by atoms with E-state index in [-0.39, 0.29) is 18.0 Å². The van der Waals surface area contributed by atoms with Gasteiger partial charge in [-0.1, -0.05) is 0 Å². The molecule has 24 heavy (non-hydrogen) atoms. The molecule has 1 fully saturated rings. The number of carbonyl (C=O) groups excluding carboxylic acids is 2. The average molecular weight is 334 g/mol. The van der Waals surface area contributed by atoms with Crippen LogP contribution in [0.15, 0.2) is 0 Å². The molecule has 3 heterocycles. The Labute approximate surface area is 140 Å². The van der Waals surface area contributed by atoms with E-state index >= 15 is 0 Å². The lowest BCUT2D eigenvalue weighted by Crippen LogP contribution is -2.49. The molecule has 1 aromatic heterocycles. The van der Waals surface area contributed by atoms with Crippen molar-refractivity contribution in [1.82, 2.24) is 14.9 Å². The van der Waals surface area contributed by atoms with Gasteiger partial charge in [-0.25, -0.2) is 14.8 Å². The van der Waals surface area contributed by atoms with Crippen molar-refractivity contribution < 1.29 is 14.3 Å². The van der Waals surface area contributed by atoms with Crippen molar-refractivity contribution in [3.05, 3.63) is 5.82 Å². The molecule has 0 radical (unpaired) electrons. The molecule has 9 nitrogen and oxygen atoms in total. The van der Waals surface area contributed by atoms with E-state index < -0.39 is 0 Å². The minimum absolute atomic E-state index is 0.110. The van der Waals surface area contributed by atoms with Gasteiger partial charge in [-0.15, -0.1) is 0 Å². The van der Waals surface area contributed by atoms with Crippen molar-refractivity contribution in [3.8, 4) is 0 Å². The molecule has 1 aromatic rings. The molecular formula is C15H22N6O3. The lowest BCUT2D eigenvalue weighted by Gasteiger charge is -2.36. The summed E-state index contributed by atoms with van der Waals surface area (Å²) in [5.74, 6) is 1.85. The first-order chi connectivity index (χ1) is 11.5. The third kappa shape index (κ3) is 3.06. The molecule has 2 aliphatic heterocycles. The van der Waals surface area contributed by atoms with Crippen LogP contribution in [0.25, 0.3) is 0 Å². The number of hydrogen-bond donors (Lipinski definition) is 2. The monoisotopic (exact) mass is 334 g/mol. The number of nitrogens with one attached hydrogen (secondary N) is 2. The smallest absolute Gasteiger partial charge is 0.409 e. The van der Waals surface area contributed by atoms with E-state index in [2.05, 4.69) is 25.5 Å². The standard InChI is InChI=1S/C15H22N6O3/c1-4-24-15(23)21-7-5-20(6-8-21)13-11-12(17-10(3)18-13)16-9(2)14(22)19-11/h9H,4-8H2,1-3H3,(H,19,22)(H,16,17,18). The number of hydrogen-bond acceptors (Lipinski definition) is 7. The summed E-state index contributed by atoms with van der Waals surface area (Å²) in [4.78, 5) is 36.4. The second-order valence-electron chi connectivity index (χ2n) is 5.85. The van der Waals surface area contributed by atoms with Crippen molar-refractivity contribution in [1.29, 1.82) is 0 Å². The number of piperazine rings is 1. The van der Waals surface area contributed by atoms with Gasteiger partial charge in [-0.2, -0.15) is 0 Å². The molecule has 2 N–H and O–H groups in total. The third-order valence-corrected chi connectivity index (χ3v) is 4.10. The maximum Gasteiger partial charge on any atom is 0.409 e. The summed E-state index contributed by atoms with van der Waals surface area (Å²) in [7, 11) is 0. The molecule has 3 rings (SSSR count). The van der Waals surface area contributed by atoms with Crippen LogP contribution in [0.1, 0.15) is 19.7 Å². The average Bonchev–Trinajstić information content (AvgIpc) is 2.56. The molecule has 1 atom stereocenters. The SMILES string of the molecule is CCOC(=O)N1CCN(c2nc(C)nc3c2NC(=O)C(C)N3)CC1. The van der Waals surface area contributed by atoms with Crippen LogP contribution in [0.4, 0.5) is 22.1 Å². The Morgan fingerprint density at radius 2 is 2.00 bits per heavy atom. The molecule has 2 aliphatic rings. The first-order valence-corrected chi connectivity index (χ1v) is 8.12. The van der Waals surface area contributed by atoms with E-state index in [0.717, 1.165) is 0 Å². The quantitative estimate of drug-likeness (QED) is 0.826. The Morgan fingerprint density at radius 3 is 2.67 bits per heavy atom. The van der Waals surface area contributed by atoms with Crippen LogP contribution in [-0.4, -0.2) is 65.7 Å². The minimum Gasteiger partial charge on any atom is -0.450 e. The molecular weight excluding hydrogens is 312 g/mol. The minimum atomic E-state index is -0.333. The molecule has 0 saturated carbocycles. The number of aryl methyl sites for hydroxylation is 1. The highest BCUT2D eigenvalue weighted by Gasteiger charge is 2.30. The Kier molecular flexibility index (Phi) is 4.41. The predicted octanol–water partition coefficient (Wildman–Crippen LogP) is 0.816. The van der Waals surface area contributed by atoms with Gasteiger partial charge in [0.2, 0.25) is 5.91 Å². The maximum absolute atomic E-state index is 12.0. The molecule has 9 heteroatoms. The zero-order valence-corrected chi connectivity index (χ0v) is 14.1. The zero-order chi connectivity index (χ0) is 17.3. The largest absolute Gasteiger partial charge is 0.450 e. The normalized spacial score (nSPS) is 20.1. The van der Waals surface area contributed by atoms with Crippen molar-refractivity contribution in [2.45, 2.75) is 26.8 Å². The molecule has 0 spiro atoms. The molecule has 1 saturated heterocycles. The van der Waals surface area contributed by atoms with Gasteiger partial charge in [0.15, 0.2) is 11.6 Å². The first-order valence-electron chi connectivity index (χ1n) is 8.12. The van der Waals surface area contributed by atoms with Crippen LogP contribution in [0.2, 0.25) is 0 Å². The van der Waals surface area contributed by atoms with Crippen molar-refractivity contribution in [2.24, 2.45) is 0 Å². The van der Waals surface area contributed by atoms with Gasteiger partial charge < -0.3 is 25.2 Å². The zero-order valence-electron chi connectivity index (χ0n) is 14.1. The summed E-state index contributed by atoms with van der Waals surface area (Å²) in [6.45, 7) is 8.10. The van der Waals surface area contributed by atoms with Crippen LogP contribution in [-0.2, 0) is 9.53 Å². The van der Waals surface area contributed by atoms with Gasteiger partial charge in [-0.3, -0.25) is 4.79 Å². The number of fused-ring (bicyclic) bond motifs is 1. The number of rotatable bonds is 2. The maximum atomic E-state index is 12.0. The fourth-order valence-electron chi connectivity index (χ4n) is 2.82. The molecule has 1 unspecified atom stereocenters. The molecule has 130 valence electrons.